The highest BCUT2D eigenvalue weighted by molar-refractivity contribution is 8.13. The Bertz CT molecular complexity index is 635. The Morgan fingerprint density at radius 2 is 2.05 bits per heavy atom. The Hall–Kier alpha value is -1.22. The van der Waals surface area contributed by atoms with E-state index in [2.05, 4.69) is 0 Å². The van der Waals surface area contributed by atoms with Crippen molar-refractivity contribution < 1.29 is 26.4 Å². The van der Waals surface area contributed by atoms with Crippen LogP contribution in [-0.4, -0.2) is 31.6 Å². The molecule has 0 spiro atoms. The predicted octanol–water partition coefficient (Wildman–Crippen LogP) is 2.04. The number of nitrogens with one attached hydrogen (secondary N) is 1. The van der Waals surface area contributed by atoms with Crippen LogP contribution in [-0.2, 0) is 9.05 Å². The van der Waals surface area contributed by atoms with Crippen LogP contribution < -0.4 is 5.32 Å². The number of aromatic nitrogens is 1. The average Bonchev–Trinajstić information content (AvgIpc) is 3.02. The van der Waals surface area contributed by atoms with Crippen molar-refractivity contribution in [2.75, 3.05) is 6.54 Å². The van der Waals surface area contributed by atoms with Crippen molar-refractivity contribution in [2.45, 2.75) is 30.0 Å². The monoisotopic (exact) mass is 330 g/mol. The maximum Gasteiger partial charge on any atom is 0.405 e. The van der Waals surface area contributed by atoms with Gasteiger partial charge in [0, 0.05) is 22.9 Å². The predicted molar refractivity (Wildman–Crippen MR) is 64.1 cm³/mol. The molecule has 20 heavy (non-hydrogen) atoms. The first-order valence-corrected chi connectivity index (χ1v) is 7.90. The molecule has 0 radical (unpaired) electrons. The van der Waals surface area contributed by atoms with Crippen molar-refractivity contribution in [3.05, 3.63) is 18.0 Å². The third kappa shape index (κ3) is 3.66. The smallest absolute Gasteiger partial charge is 0.342 e. The van der Waals surface area contributed by atoms with E-state index in [1.807, 2.05) is 0 Å². The molecule has 0 aliphatic heterocycles. The summed E-state index contributed by atoms with van der Waals surface area (Å²) in [6.45, 7) is -1.48. The van der Waals surface area contributed by atoms with Crippen LogP contribution in [0.1, 0.15) is 29.4 Å². The minimum Gasteiger partial charge on any atom is -0.342 e. The summed E-state index contributed by atoms with van der Waals surface area (Å²) in [5, 5.41) is 1.70. The maximum absolute atomic E-state index is 12.1. The van der Waals surface area contributed by atoms with Crippen LogP contribution in [0.25, 0.3) is 0 Å². The molecule has 10 heteroatoms. The van der Waals surface area contributed by atoms with Crippen LogP contribution >= 0.6 is 10.7 Å². The molecule has 112 valence electrons. The zero-order valence-electron chi connectivity index (χ0n) is 9.95. The summed E-state index contributed by atoms with van der Waals surface area (Å²) in [5.41, 5.74) is -0.143. The van der Waals surface area contributed by atoms with E-state index in [0.29, 0.717) is 0 Å². The van der Waals surface area contributed by atoms with Crippen molar-refractivity contribution in [1.29, 1.82) is 0 Å². The Kier molecular flexibility index (Phi) is 3.76. The van der Waals surface area contributed by atoms with Gasteiger partial charge in [0.25, 0.3) is 15.0 Å². The molecule has 0 unspecified atom stereocenters. The van der Waals surface area contributed by atoms with Gasteiger partial charge in [0.2, 0.25) is 0 Å². The minimum absolute atomic E-state index is 0.0752. The second-order valence-corrected chi connectivity index (χ2v) is 7.00. The molecule has 1 saturated carbocycles. The molecule has 0 aromatic carbocycles. The van der Waals surface area contributed by atoms with Gasteiger partial charge in [0.05, 0.1) is 0 Å². The molecule has 2 rings (SSSR count). The zero-order chi connectivity index (χ0) is 15.1. The summed E-state index contributed by atoms with van der Waals surface area (Å²) >= 11 is 0. The number of carbonyl (C=O) groups is 1. The van der Waals surface area contributed by atoms with E-state index in [0.717, 1.165) is 18.9 Å². The fourth-order valence-electron chi connectivity index (χ4n) is 1.70. The van der Waals surface area contributed by atoms with E-state index in [9.17, 15) is 26.4 Å². The van der Waals surface area contributed by atoms with Crippen LogP contribution in [0, 0.1) is 0 Å². The summed E-state index contributed by atoms with van der Waals surface area (Å²) in [4.78, 5) is 11.4. The van der Waals surface area contributed by atoms with Crippen LogP contribution in [0.2, 0.25) is 0 Å². The molecule has 0 atom stereocenters. The lowest BCUT2D eigenvalue weighted by Gasteiger charge is -2.10. The van der Waals surface area contributed by atoms with Gasteiger partial charge >= 0.3 is 6.18 Å². The maximum atomic E-state index is 12.1. The minimum atomic E-state index is -4.53. The molecule has 1 aliphatic rings. The highest BCUT2D eigenvalue weighted by Gasteiger charge is 2.32. The highest BCUT2D eigenvalue weighted by atomic mass is 35.7. The SMILES string of the molecule is O=C(NCC(F)(F)F)c1cc(S(=O)(=O)Cl)cn1C1CC1. The number of halogens is 4. The van der Waals surface area contributed by atoms with Gasteiger partial charge in [-0.3, -0.25) is 4.79 Å². The lowest BCUT2D eigenvalue weighted by Crippen LogP contribution is -2.34. The van der Waals surface area contributed by atoms with Gasteiger partial charge in [-0.15, -0.1) is 0 Å². The van der Waals surface area contributed by atoms with Crippen molar-refractivity contribution in [2.24, 2.45) is 0 Å². The van der Waals surface area contributed by atoms with Crippen molar-refractivity contribution in [1.82, 2.24) is 9.88 Å². The molecule has 0 bridgehead atoms. The van der Waals surface area contributed by atoms with Gasteiger partial charge in [-0.05, 0) is 18.9 Å². The van der Waals surface area contributed by atoms with Gasteiger partial charge in [0.15, 0.2) is 0 Å². The number of carbonyl (C=O) groups excluding carboxylic acids is 1. The van der Waals surface area contributed by atoms with Gasteiger partial charge in [-0.1, -0.05) is 0 Å². The first-order chi connectivity index (χ1) is 9.08. The molecule has 0 saturated heterocycles. The average molecular weight is 331 g/mol. The summed E-state index contributed by atoms with van der Waals surface area (Å²) < 4.78 is 60.0. The Morgan fingerprint density at radius 3 is 2.50 bits per heavy atom. The first-order valence-electron chi connectivity index (χ1n) is 5.59. The van der Waals surface area contributed by atoms with Gasteiger partial charge in [0.1, 0.15) is 17.1 Å². The molecule has 1 heterocycles. The summed E-state index contributed by atoms with van der Waals surface area (Å²) in [7, 11) is 1.13. The largest absolute Gasteiger partial charge is 0.405 e. The lowest BCUT2D eigenvalue weighted by atomic mass is 10.4. The van der Waals surface area contributed by atoms with Crippen LogP contribution in [0.4, 0.5) is 13.2 Å². The second kappa shape index (κ2) is 4.96. The van der Waals surface area contributed by atoms with Crippen molar-refractivity contribution >= 4 is 25.6 Å². The normalized spacial score (nSPS) is 16.2. The summed E-state index contributed by atoms with van der Waals surface area (Å²) in [6, 6.07) is 0.903. The molecule has 1 N–H and O–H groups in total. The number of rotatable bonds is 4. The van der Waals surface area contributed by atoms with Gasteiger partial charge in [-0.2, -0.15) is 13.2 Å². The standard InChI is InChI=1S/C10H10ClF3N2O3S/c11-20(18,19)7-3-8(16(4-7)6-1-2-6)9(17)15-5-10(12,13)14/h3-4,6H,1-2,5H2,(H,15,17). The number of alkyl halides is 3. The molecular weight excluding hydrogens is 321 g/mol. The number of hydrogen-bond acceptors (Lipinski definition) is 3. The summed E-state index contributed by atoms with van der Waals surface area (Å²) in [6.07, 6.45) is -1.90. The van der Waals surface area contributed by atoms with E-state index in [4.69, 9.17) is 10.7 Å². The third-order valence-corrected chi connectivity index (χ3v) is 4.05. The van der Waals surface area contributed by atoms with Gasteiger partial charge < -0.3 is 9.88 Å². The highest BCUT2D eigenvalue weighted by Crippen LogP contribution is 2.37. The Labute approximate surface area is 117 Å². The number of nitrogens with zero attached hydrogens (tertiary/aromatic N) is 1. The van der Waals surface area contributed by atoms with E-state index >= 15 is 0 Å². The fraction of sp³-hybridized carbons (Fsp3) is 0.500. The number of hydrogen-bond donors (Lipinski definition) is 1. The van der Waals surface area contributed by atoms with Crippen LogP contribution in [0.3, 0.4) is 0 Å². The molecule has 1 aromatic heterocycles. The first kappa shape index (κ1) is 15.2. The third-order valence-electron chi connectivity index (χ3n) is 2.73. The van der Waals surface area contributed by atoms with E-state index in [-0.39, 0.29) is 16.6 Å². The topological polar surface area (TPSA) is 68.2 Å². The molecular formula is C10H10ClF3N2O3S. The molecule has 5 nitrogen and oxygen atoms in total. The zero-order valence-corrected chi connectivity index (χ0v) is 11.5. The fourth-order valence-corrected chi connectivity index (χ4v) is 2.44. The quantitative estimate of drug-likeness (QED) is 0.859. The molecule has 1 aliphatic carbocycles. The van der Waals surface area contributed by atoms with Crippen LogP contribution in [0.5, 0.6) is 0 Å². The van der Waals surface area contributed by atoms with E-state index < -0.39 is 27.7 Å². The summed E-state index contributed by atoms with van der Waals surface area (Å²) in [5.74, 6) is -0.985. The second-order valence-electron chi connectivity index (χ2n) is 4.44. The molecule has 1 aromatic rings. The van der Waals surface area contributed by atoms with Gasteiger partial charge in [-0.25, -0.2) is 8.42 Å². The van der Waals surface area contributed by atoms with Crippen molar-refractivity contribution in [3.63, 3.8) is 0 Å². The Morgan fingerprint density at radius 1 is 1.45 bits per heavy atom. The van der Waals surface area contributed by atoms with Crippen LogP contribution in [0.15, 0.2) is 17.2 Å². The lowest BCUT2D eigenvalue weighted by molar-refractivity contribution is -0.123. The van der Waals surface area contributed by atoms with E-state index in [1.54, 1.807) is 5.32 Å². The Balaban J connectivity index is 2.26. The molecule has 1 amide bonds. The van der Waals surface area contributed by atoms with Crippen molar-refractivity contribution in [3.8, 4) is 0 Å². The number of amides is 1. The molecule has 1 fully saturated rings. The van der Waals surface area contributed by atoms with E-state index in [1.165, 1.54) is 10.8 Å².